The maximum Gasteiger partial charge on any atom is 0.198 e. The minimum atomic E-state index is 0.0824. The van der Waals surface area contributed by atoms with Crippen LogP contribution in [0.2, 0.25) is 0 Å². The highest BCUT2D eigenvalue weighted by atomic mass is 16.3. The zero-order valence-electron chi connectivity index (χ0n) is 38.2. The molecule has 3 nitrogen and oxygen atoms in total. The highest BCUT2D eigenvalue weighted by Crippen LogP contribution is 2.51. The van der Waals surface area contributed by atoms with Gasteiger partial charge in [-0.05, 0) is 165 Å². The molecule has 9 aromatic rings. The second-order valence-corrected chi connectivity index (χ2v) is 22.1. The van der Waals surface area contributed by atoms with E-state index in [1.165, 1.54) is 130 Å². The number of nitrogens with one attached hydrogen (secondary N) is 1. The van der Waals surface area contributed by atoms with Gasteiger partial charge in [-0.3, -0.25) is 0 Å². The molecule has 1 aliphatic heterocycles. The predicted octanol–water partition coefficient (Wildman–Crippen LogP) is 14.3. The molecule has 308 valence electrons. The molecule has 0 fully saturated rings. The largest absolute Gasteiger partial charge is 0.455 e. The smallest absolute Gasteiger partial charge is 0.198 e. The first kappa shape index (κ1) is 38.0. The van der Waals surface area contributed by atoms with Crippen molar-refractivity contribution in [2.75, 3.05) is 5.32 Å². The lowest BCUT2D eigenvalue weighted by atomic mass is 9.59. The van der Waals surface area contributed by atoms with Gasteiger partial charge >= 0.3 is 0 Å². The number of para-hydroxylation sites is 1. The van der Waals surface area contributed by atoms with Crippen LogP contribution in [0.25, 0.3) is 71.3 Å². The van der Waals surface area contributed by atoms with E-state index in [-0.39, 0.29) is 21.7 Å². The first-order valence-corrected chi connectivity index (χ1v) is 23.1. The molecule has 3 aliphatic rings. The molecule has 0 spiro atoms. The number of aromatic nitrogens is 1. The lowest BCUT2D eigenvalue weighted by Crippen LogP contribution is -2.37. The van der Waals surface area contributed by atoms with E-state index in [9.17, 15) is 0 Å². The van der Waals surface area contributed by atoms with Crippen molar-refractivity contribution >= 4 is 84.1 Å². The summed E-state index contributed by atoms with van der Waals surface area (Å²) in [5.74, 6) is 0. The van der Waals surface area contributed by atoms with Gasteiger partial charge in [-0.15, -0.1) is 0 Å². The summed E-state index contributed by atoms with van der Waals surface area (Å²) in [5.41, 5.74) is 21.9. The number of furan rings is 1. The van der Waals surface area contributed by atoms with Crippen LogP contribution in [0.4, 0.5) is 11.4 Å². The van der Waals surface area contributed by atoms with Gasteiger partial charge in [0.15, 0.2) is 7.28 Å². The second kappa shape index (κ2) is 12.5. The summed E-state index contributed by atoms with van der Waals surface area (Å²) in [6, 6.07) is 39.9. The van der Waals surface area contributed by atoms with Crippen molar-refractivity contribution in [1.82, 2.24) is 4.57 Å². The first-order chi connectivity index (χ1) is 29.5. The van der Waals surface area contributed by atoms with Crippen LogP contribution in [0.1, 0.15) is 114 Å². The van der Waals surface area contributed by atoms with E-state index >= 15 is 0 Å². The molecule has 7 aromatic carbocycles. The summed E-state index contributed by atoms with van der Waals surface area (Å²) in [5, 5.41) is 11.7. The molecule has 0 atom stereocenters. The normalized spacial score (nSPS) is 17.9. The zero-order chi connectivity index (χ0) is 42.8. The van der Waals surface area contributed by atoms with Crippen LogP contribution in [0.3, 0.4) is 0 Å². The monoisotopic (exact) mass is 808 g/mol. The third kappa shape index (κ3) is 5.31. The fourth-order valence-corrected chi connectivity index (χ4v) is 12.1. The lowest BCUT2D eigenvalue weighted by Gasteiger charge is -2.42. The molecule has 2 aliphatic carbocycles. The van der Waals surface area contributed by atoms with Gasteiger partial charge in [0.2, 0.25) is 0 Å². The number of aryl methyl sites for hydroxylation is 2. The number of nitrogens with zero attached hydrogens (tertiary/aromatic N) is 1. The minimum Gasteiger partial charge on any atom is -0.455 e. The summed E-state index contributed by atoms with van der Waals surface area (Å²) < 4.78 is 9.91. The van der Waals surface area contributed by atoms with Crippen molar-refractivity contribution in [3.05, 3.63) is 137 Å². The maximum absolute atomic E-state index is 7.34. The van der Waals surface area contributed by atoms with E-state index in [2.05, 4.69) is 182 Å². The van der Waals surface area contributed by atoms with Crippen LogP contribution in [0.5, 0.6) is 0 Å². The second-order valence-electron chi connectivity index (χ2n) is 22.1. The molecule has 0 amide bonds. The van der Waals surface area contributed by atoms with Gasteiger partial charge in [0, 0.05) is 44.0 Å². The topological polar surface area (TPSA) is 30.1 Å². The van der Waals surface area contributed by atoms with Crippen LogP contribution in [0, 0.1) is 13.8 Å². The highest BCUT2D eigenvalue weighted by molar-refractivity contribution is 6.73. The van der Waals surface area contributed by atoms with Crippen molar-refractivity contribution < 1.29 is 4.42 Å². The van der Waals surface area contributed by atoms with E-state index in [4.69, 9.17) is 4.42 Å². The molecule has 3 heterocycles. The number of fused-ring (bicyclic) bond motifs is 11. The van der Waals surface area contributed by atoms with Crippen LogP contribution in [-0.4, -0.2) is 11.8 Å². The molecule has 4 heteroatoms. The molecule has 1 N–H and O–H groups in total. The van der Waals surface area contributed by atoms with Crippen molar-refractivity contribution in [3.63, 3.8) is 0 Å². The third-order valence-corrected chi connectivity index (χ3v) is 16.1. The Kier molecular flexibility index (Phi) is 7.64. The van der Waals surface area contributed by atoms with Crippen molar-refractivity contribution in [2.45, 2.75) is 117 Å². The van der Waals surface area contributed by atoms with Gasteiger partial charge in [0.05, 0.1) is 11.2 Å². The number of rotatable bonds is 3. The molecule has 0 saturated heterocycles. The number of hydrogen-bond donors (Lipinski definition) is 1. The van der Waals surface area contributed by atoms with E-state index < -0.39 is 0 Å². The summed E-state index contributed by atoms with van der Waals surface area (Å²) in [6.45, 7) is 23.9. The summed E-state index contributed by atoms with van der Waals surface area (Å²) >= 11 is 0. The number of hydrogen-bond acceptors (Lipinski definition) is 2. The zero-order valence-corrected chi connectivity index (χ0v) is 38.2. The van der Waals surface area contributed by atoms with Crippen LogP contribution >= 0.6 is 0 Å². The molecule has 62 heavy (non-hydrogen) atoms. The molecule has 0 bridgehead atoms. The van der Waals surface area contributed by atoms with Crippen LogP contribution in [-0.2, 0) is 21.7 Å². The van der Waals surface area contributed by atoms with E-state index in [0.29, 0.717) is 0 Å². The Morgan fingerprint density at radius 2 is 1.21 bits per heavy atom. The standard InChI is InChI=1S/C58H57BN2O/c1-32-24-40(52-49(25-32)61-48-28-35-15-12-11-14-34(35)27-38(48)36-16-13-17-45(59-52)53(36)61)51-46(60-47-30-43-41(26-33(47)2)55(3,4)20-22-57(43,7)8)19-18-37-39-29-42-44(31-50(39)62-54(37)51)58(9,10)23-21-56(42,5)6/h11-19,24-31,59-60H,20-23H2,1-10H3. The van der Waals surface area contributed by atoms with Gasteiger partial charge < -0.3 is 14.3 Å². The van der Waals surface area contributed by atoms with Gasteiger partial charge in [-0.2, -0.15) is 0 Å². The Morgan fingerprint density at radius 1 is 0.565 bits per heavy atom. The summed E-state index contributed by atoms with van der Waals surface area (Å²) in [6.07, 6.45) is 4.72. The van der Waals surface area contributed by atoms with E-state index in [0.717, 1.165) is 29.7 Å². The van der Waals surface area contributed by atoms with Gasteiger partial charge in [-0.1, -0.05) is 115 Å². The molecular formula is C58H57BN2O. The number of anilines is 2. The van der Waals surface area contributed by atoms with E-state index in [1.54, 1.807) is 0 Å². The molecular weight excluding hydrogens is 751 g/mol. The predicted molar refractivity (Wildman–Crippen MR) is 267 cm³/mol. The van der Waals surface area contributed by atoms with Crippen molar-refractivity contribution in [1.29, 1.82) is 0 Å². The van der Waals surface area contributed by atoms with Gasteiger partial charge in [0.1, 0.15) is 11.2 Å². The number of benzene rings is 7. The van der Waals surface area contributed by atoms with Crippen LogP contribution in [0.15, 0.2) is 108 Å². The van der Waals surface area contributed by atoms with Crippen LogP contribution < -0.4 is 16.2 Å². The van der Waals surface area contributed by atoms with Crippen molar-refractivity contribution in [3.8, 4) is 16.8 Å². The highest BCUT2D eigenvalue weighted by Gasteiger charge is 2.39. The molecule has 0 unspecified atom stereocenters. The Bertz CT molecular complexity index is 3440. The Hall–Kier alpha value is -5.74. The average molecular weight is 809 g/mol. The summed E-state index contributed by atoms with van der Waals surface area (Å²) in [4.78, 5) is 0. The Morgan fingerprint density at radius 3 is 1.92 bits per heavy atom. The van der Waals surface area contributed by atoms with Crippen molar-refractivity contribution in [2.24, 2.45) is 0 Å². The van der Waals surface area contributed by atoms with Gasteiger partial charge in [0.25, 0.3) is 0 Å². The van der Waals surface area contributed by atoms with Gasteiger partial charge in [-0.25, -0.2) is 0 Å². The minimum absolute atomic E-state index is 0.0824. The first-order valence-electron chi connectivity index (χ1n) is 23.1. The molecule has 0 radical (unpaired) electrons. The molecule has 12 rings (SSSR count). The Labute approximate surface area is 366 Å². The third-order valence-electron chi connectivity index (χ3n) is 16.1. The maximum atomic E-state index is 7.34. The fraction of sp³-hybridized carbons (Fsp3) is 0.310. The molecule has 0 saturated carbocycles. The average Bonchev–Trinajstić information content (AvgIpc) is 3.76. The summed E-state index contributed by atoms with van der Waals surface area (Å²) in [7, 11) is 0.839. The van der Waals surface area contributed by atoms with E-state index in [1.807, 2.05) is 0 Å². The SMILES string of the molecule is Cc1cc(-c2c(Nc3cc4c(cc3C)C(C)(C)CCC4(C)C)ccc3c2oc2cc4c(cc23)C(C)(C)CCC4(C)C)c2c(c1)-n1c3cc4ccccc4cc3c3cccc(c31)B2. The molecule has 2 aromatic heterocycles. The lowest BCUT2D eigenvalue weighted by molar-refractivity contribution is 0.332. The Balaban J connectivity index is 1.15. The quantitative estimate of drug-likeness (QED) is 0.180. The fourth-order valence-electron chi connectivity index (χ4n) is 12.1.